The average Bonchev–Trinajstić information content (AvgIpc) is 3.14. The Bertz CT molecular complexity index is 769. The van der Waals surface area contributed by atoms with Gasteiger partial charge in [-0.3, -0.25) is 14.9 Å². The van der Waals surface area contributed by atoms with Gasteiger partial charge in [0.05, 0.1) is 5.92 Å². The third-order valence-corrected chi connectivity index (χ3v) is 4.50. The predicted molar refractivity (Wildman–Crippen MR) is 89.3 cm³/mol. The minimum absolute atomic E-state index is 0.226. The van der Waals surface area contributed by atoms with E-state index in [1.165, 1.54) is 0 Å². The summed E-state index contributed by atoms with van der Waals surface area (Å²) < 4.78 is 5.91. The molecule has 1 amide bonds. The van der Waals surface area contributed by atoms with Gasteiger partial charge in [-0.1, -0.05) is 42.0 Å². The summed E-state index contributed by atoms with van der Waals surface area (Å²) in [5.74, 6) is -1.09. The Kier molecular flexibility index (Phi) is 4.05. The number of ether oxygens (including phenoxy) is 1. The van der Waals surface area contributed by atoms with Crippen molar-refractivity contribution in [1.82, 2.24) is 0 Å². The Morgan fingerprint density at radius 1 is 1.38 bits per heavy atom. The van der Waals surface area contributed by atoms with Crippen LogP contribution in [0.1, 0.15) is 18.1 Å². The Morgan fingerprint density at radius 3 is 2.71 bits per heavy atom. The molecule has 2 aliphatic rings. The number of amides is 1. The summed E-state index contributed by atoms with van der Waals surface area (Å²) in [6.07, 6.45) is 7.34. The first-order valence-corrected chi connectivity index (χ1v) is 7.76. The van der Waals surface area contributed by atoms with Crippen LogP contribution in [0.25, 0.3) is 0 Å². The molecule has 0 fully saturated rings. The van der Waals surface area contributed by atoms with Gasteiger partial charge in [-0.25, -0.2) is 0 Å². The van der Waals surface area contributed by atoms with Crippen molar-refractivity contribution in [2.24, 2.45) is 16.8 Å². The highest BCUT2D eigenvalue weighted by molar-refractivity contribution is 6.09. The summed E-state index contributed by atoms with van der Waals surface area (Å²) in [5.41, 5.74) is 0.364. The molecule has 2 unspecified atom stereocenters. The number of nitro groups is 1. The molecule has 0 radical (unpaired) electrons. The van der Waals surface area contributed by atoms with E-state index in [4.69, 9.17) is 4.74 Å². The molecule has 0 spiro atoms. The van der Waals surface area contributed by atoms with Crippen molar-refractivity contribution < 1.29 is 14.5 Å². The number of benzene rings is 1. The lowest BCUT2D eigenvalue weighted by atomic mass is 9.79. The molecule has 6 heteroatoms. The minimum atomic E-state index is -1.35. The summed E-state index contributed by atoms with van der Waals surface area (Å²) in [6, 6.07) is 7.47. The predicted octanol–water partition coefficient (Wildman–Crippen LogP) is 2.69. The topological polar surface area (TPSA) is 81.8 Å². The third-order valence-electron chi connectivity index (χ3n) is 4.50. The Balaban J connectivity index is 1.92. The van der Waals surface area contributed by atoms with E-state index in [2.05, 4.69) is 4.99 Å². The summed E-state index contributed by atoms with van der Waals surface area (Å²) in [6.45, 7) is 3.16. The van der Waals surface area contributed by atoms with E-state index < -0.39 is 22.3 Å². The fraction of sp³-hybridized carbons (Fsp3) is 0.333. The highest BCUT2D eigenvalue weighted by atomic mass is 16.6. The van der Waals surface area contributed by atoms with E-state index in [-0.39, 0.29) is 18.4 Å². The van der Waals surface area contributed by atoms with Gasteiger partial charge in [-0.2, -0.15) is 4.99 Å². The van der Waals surface area contributed by atoms with Crippen molar-refractivity contribution in [3.05, 3.63) is 69.8 Å². The maximum atomic E-state index is 12.6. The van der Waals surface area contributed by atoms with E-state index in [0.29, 0.717) is 5.56 Å². The quantitative estimate of drug-likeness (QED) is 0.615. The SMILES string of the molecule is Cc1cccc(C2=NC(=O)C(C)(C(C[N+](=O)[O-])C3C=CC=C3)O2)c1. The van der Waals surface area contributed by atoms with E-state index in [0.717, 1.165) is 5.56 Å². The summed E-state index contributed by atoms with van der Waals surface area (Å²) in [7, 11) is 0. The van der Waals surface area contributed by atoms with Crippen molar-refractivity contribution in [3.63, 3.8) is 0 Å². The molecule has 1 aliphatic carbocycles. The molecule has 124 valence electrons. The van der Waals surface area contributed by atoms with Crippen LogP contribution in [0.4, 0.5) is 0 Å². The third kappa shape index (κ3) is 2.87. The number of rotatable bonds is 5. The zero-order valence-corrected chi connectivity index (χ0v) is 13.5. The second-order valence-electron chi connectivity index (χ2n) is 6.27. The van der Waals surface area contributed by atoms with E-state index in [1.54, 1.807) is 6.92 Å². The molecular formula is C18H18N2O4. The molecule has 0 saturated carbocycles. The normalized spacial score (nSPS) is 24.1. The first-order valence-electron chi connectivity index (χ1n) is 7.76. The van der Waals surface area contributed by atoms with Crippen LogP contribution in [-0.4, -0.2) is 28.9 Å². The van der Waals surface area contributed by atoms with Crippen LogP contribution in [0.15, 0.2) is 53.6 Å². The summed E-state index contributed by atoms with van der Waals surface area (Å²) >= 11 is 0. The summed E-state index contributed by atoms with van der Waals surface area (Å²) in [4.78, 5) is 27.3. The molecule has 24 heavy (non-hydrogen) atoms. The molecule has 1 aliphatic heterocycles. The molecule has 0 saturated heterocycles. The van der Waals surface area contributed by atoms with E-state index in [1.807, 2.05) is 55.5 Å². The zero-order chi connectivity index (χ0) is 17.3. The molecule has 2 atom stereocenters. The van der Waals surface area contributed by atoms with E-state index >= 15 is 0 Å². The van der Waals surface area contributed by atoms with Crippen molar-refractivity contribution in [2.45, 2.75) is 19.4 Å². The van der Waals surface area contributed by atoms with Crippen molar-refractivity contribution in [1.29, 1.82) is 0 Å². The van der Waals surface area contributed by atoms with Gasteiger partial charge in [-0.15, -0.1) is 0 Å². The fourth-order valence-corrected chi connectivity index (χ4v) is 3.15. The lowest BCUT2D eigenvalue weighted by molar-refractivity contribution is -0.492. The van der Waals surface area contributed by atoms with Crippen molar-refractivity contribution in [3.8, 4) is 0 Å². The molecule has 0 bridgehead atoms. The van der Waals surface area contributed by atoms with Gasteiger partial charge in [0.25, 0.3) is 5.91 Å². The zero-order valence-electron chi connectivity index (χ0n) is 13.5. The summed E-state index contributed by atoms with van der Waals surface area (Å²) in [5, 5.41) is 11.1. The van der Waals surface area contributed by atoms with Gasteiger partial charge >= 0.3 is 0 Å². The van der Waals surface area contributed by atoms with Gasteiger partial charge in [0.15, 0.2) is 5.60 Å². The highest BCUT2D eigenvalue weighted by Gasteiger charge is 2.53. The Hall–Kier alpha value is -2.76. The Labute approximate surface area is 139 Å². The van der Waals surface area contributed by atoms with Crippen LogP contribution < -0.4 is 0 Å². The fourth-order valence-electron chi connectivity index (χ4n) is 3.15. The van der Waals surface area contributed by atoms with Gasteiger partial charge in [0.1, 0.15) is 0 Å². The molecule has 6 nitrogen and oxygen atoms in total. The second-order valence-corrected chi connectivity index (χ2v) is 6.27. The molecular weight excluding hydrogens is 308 g/mol. The monoisotopic (exact) mass is 326 g/mol. The number of carbonyl (C=O) groups is 1. The maximum absolute atomic E-state index is 12.6. The van der Waals surface area contributed by atoms with Gasteiger partial charge in [0, 0.05) is 16.4 Å². The second kappa shape index (κ2) is 6.03. The number of carbonyl (C=O) groups excluding carboxylic acids is 1. The number of aryl methyl sites for hydroxylation is 1. The number of aliphatic imine (C=N–C) groups is 1. The highest BCUT2D eigenvalue weighted by Crippen LogP contribution is 2.37. The van der Waals surface area contributed by atoms with Crippen molar-refractivity contribution >= 4 is 11.8 Å². The molecule has 1 aromatic carbocycles. The minimum Gasteiger partial charge on any atom is -0.460 e. The van der Waals surface area contributed by atoms with Crippen LogP contribution >= 0.6 is 0 Å². The van der Waals surface area contributed by atoms with Crippen molar-refractivity contribution in [2.75, 3.05) is 6.54 Å². The van der Waals surface area contributed by atoms with Gasteiger partial charge in [0.2, 0.25) is 12.4 Å². The van der Waals surface area contributed by atoms with Crippen LogP contribution in [-0.2, 0) is 9.53 Å². The van der Waals surface area contributed by atoms with Gasteiger partial charge in [-0.05, 0) is 26.0 Å². The number of hydrogen-bond donors (Lipinski definition) is 0. The molecule has 3 rings (SSSR count). The number of nitrogens with zero attached hydrogens (tertiary/aromatic N) is 2. The van der Waals surface area contributed by atoms with Crippen LogP contribution in [0.2, 0.25) is 0 Å². The Morgan fingerprint density at radius 2 is 2.08 bits per heavy atom. The molecule has 1 heterocycles. The van der Waals surface area contributed by atoms with Crippen LogP contribution in [0.5, 0.6) is 0 Å². The lowest BCUT2D eigenvalue weighted by Crippen LogP contribution is -2.47. The van der Waals surface area contributed by atoms with Crippen LogP contribution in [0.3, 0.4) is 0 Å². The average molecular weight is 326 g/mol. The van der Waals surface area contributed by atoms with E-state index in [9.17, 15) is 14.9 Å². The van der Waals surface area contributed by atoms with Gasteiger partial charge < -0.3 is 4.74 Å². The lowest BCUT2D eigenvalue weighted by Gasteiger charge is -2.31. The molecule has 0 N–H and O–H groups in total. The standard InChI is InChI=1S/C18H18N2O4/c1-12-6-5-9-14(10-12)16-19-17(21)18(2,24-16)15(11-20(22)23)13-7-3-4-8-13/h3-10,13,15H,11H2,1-2H3. The number of hydrogen-bond acceptors (Lipinski definition) is 4. The largest absolute Gasteiger partial charge is 0.460 e. The first kappa shape index (κ1) is 16.1. The number of allylic oxidation sites excluding steroid dienone is 4. The first-order chi connectivity index (χ1) is 11.4. The molecule has 1 aromatic rings. The van der Waals surface area contributed by atoms with Crippen LogP contribution in [0, 0.1) is 28.9 Å². The smallest absolute Gasteiger partial charge is 0.293 e. The molecule has 0 aromatic heterocycles. The maximum Gasteiger partial charge on any atom is 0.293 e.